The van der Waals surface area contributed by atoms with Crippen LogP contribution in [0.15, 0.2) is 29.2 Å². The van der Waals surface area contributed by atoms with Crippen molar-refractivity contribution in [1.29, 1.82) is 5.26 Å². The van der Waals surface area contributed by atoms with Crippen LogP contribution >= 0.6 is 0 Å². The first-order valence-corrected chi connectivity index (χ1v) is 5.64. The number of benzene rings is 1. The van der Waals surface area contributed by atoms with E-state index in [0.717, 1.165) is 6.26 Å². The van der Waals surface area contributed by atoms with Crippen LogP contribution in [0.2, 0.25) is 0 Å². The zero-order chi connectivity index (χ0) is 10.6. The second-order valence-corrected chi connectivity index (χ2v) is 4.61. The van der Waals surface area contributed by atoms with Crippen molar-refractivity contribution in [2.75, 3.05) is 6.26 Å². The summed E-state index contributed by atoms with van der Waals surface area (Å²) in [6.45, 7) is 0. The number of sulfone groups is 1. The fourth-order valence-electron chi connectivity index (χ4n) is 0.989. The van der Waals surface area contributed by atoms with Gasteiger partial charge in [-0.05, 0) is 18.1 Å². The van der Waals surface area contributed by atoms with Crippen molar-refractivity contribution in [2.45, 2.75) is 4.90 Å². The average Bonchev–Trinajstić information content (AvgIpc) is 2.14. The van der Waals surface area contributed by atoms with Crippen molar-refractivity contribution in [1.82, 2.24) is 0 Å². The summed E-state index contributed by atoms with van der Waals surface area (Å²) in [5.41, 5.74) is 0.358. The molecule has 0 fully saturated rings. The normalized spacial score (nSPS) is 9.71. The topological polar surface area (TPSA) is 57.9 Å². The number of hydrogen-bond donors (Lipinski definition) is 0. The van der Waals surface area contributed by atoms with Crippen LogP contribution in [-0.2, 0) is 9.84 Å². The summed E-state index contributed by atoms with van der Waals surface area (Å²) in [6.07, 6.45) is 1.11. The molecule has 0 aliphatic rings. The molecule has 0 bridgehead atoms. The van der Waals surface area contributed by atoms with Crippen LogP contribution in [-0.4, -0.2) is 14.7 Å². The van der Waals surface area contributed by atoms with Crippen LogP contribution in [0.1, 0.15) is 5.56 Å². The van der Waals surface area contributed by atoms with E-state index in [1.54, 1.807) is 24.3 Å². The van der Waals surface area contributed by atoms with E-state index in [1.807, 2.05) is 0 Å². The van der Waals surface area contributed by atoms with Gasteiger partial charge in [-0.15, -0.1) is 0 Å². The molecule has 4 heteroatoms. The number of nitriles is 1. The molecule has 0 heterocycles. The molecular weight excluding hydrogens is 198 g/mol. The van der Waals surface area contributed by atoms with Gasteiger partial charge in [0.05, 0.1) is 4.90 Å². The fraction of sp³-hybridized carbons (Fsp3) is 0.100. The lowest BCUT2D eigenvalue weighted by atomic mass is 10.2. The Morgan fingerprint density at radius 3 is 2.50 bits per heavy atom. The van der Waals surface area contributed by atoms with E-state index in [1.165, 1.54) is 6.07 Å². The second-order valence-electron chi connectivity index (χ2n) is 2.63. The Hall–Kier alpha value is -1.78. The van der Waals surface area contributed by atoms with Gasteiger partial charge in [-0.3, -0.25) is 0 Å². The van der Waals surface area contributed by atoms with Crippen molar-refractivity contribution in [3.63, 3.8) is 0 Å². The van der Waals surface area contributed by atoms with Crippen LogP contribution in [0.4, 0.5) is 0 Å². The van der Waals surface area contributed by atoms with Gasteiger partial charge in [-0.25, -0.2) is 8.42 Å². The van der Waals surface area contributed by atoms with E-state index in [-0.39, 0.29) is 4.90 Å². The highest BCUT2D eigenvalue weighted by Crippen LogP contribution is 2.13. The molecule has 1 aromatic carbocycles. The minimum absolute atomic E-state index is 0.155. The Bertz CT molecular complexity index is 541. The van der Waals surface area contributed by atoms with Gasteiger partial charge in [0, 0.05) is 17.7 Å². The molecule has 0 atom stereocenters. The molecule has 0 unspecified atom stereocenters. The van der Waals surface area contributed by atoms with E-state index in [9.17, 15) is 8.42 Å². The first-order valence-electron chi connectivity index (χ1n) is 3.75. The van der Waals surface area contributed by atoms with Gasteiger partial charge in [-0.2, -0.15) is 5.26 Å². The van der Waals surface area contributed by atoms with Gasteiger partial charge < -0.3 is 0 Å². The number of nitrogens with zero attached hydrogens (tertiary/aromatic N) is 1. The summed E-state index contributed by atoms with van der Waals surface area (Å²) in [4.78, 5) is 0.155. The van der Waals surface area contributed by atoms with Crippen molar-refractivity contribution in [3.8, 4) is 17.9 Å². The predicted molar refractivity (Wildman–Crippen MR) is 52.0 cm³/mol. The SMILES string of the molecule is CS(=O)(=O)c1ccccc1C#CC#N. The summed E-state index contributed by atoms with van der Waals surface area (Å²) in [7, 11) is -3.28. The molecule has 0 saturated carbocycles. The highest BCUT2D eigenvalue weighted by atomic mass is 32.2. The van der Waals surface area contributed by atoms with E-state index < -0.39 is 9.84 Å². The molecule has 0 N–H and O–H groups in total. The second kappa shape index (κ2) is 3.95. The smallest absolute Gasteiger partial charge is 0.176 e. The van der Waals surface area contributed by atoms with Crippen LogP contribution in [0, 0.1) is 23.2 Å². The molecule has 0 saturated heterocycles. The lowest BCUT2D eigenvalue weighted by Gasteiger charge is -1.99. The minimum Gasteiger partial charge on any atom is -0.224 e. The largest absolute Gasteiger partial charge is 0.224 e. The average molecular weight is 205 g/mol. The Morgan fingerprint density at radius 2 is 1.93 bits per heavy atom. The summed E-state index contributed by atoms with van der Waals surface area (Å²) in [5, 5.41) is 8.25. The maximum Gasteiger partial charge on any atom is 0.176 e. The van der Waals surface area contributed by atoms with E-state index in [4.69, 9.17) is 5.26 Å². The Labute approximate surface area is 82.9 Å². The highest BCUT2D eigenvalue weighted by molar-refractivity contribution is 7.90. The van der Waals surface area contributed by atoms with Crippen LogP contribution in [0.5, 0.6) is 0 Å². The first-order chi connectivity index (χ1) is 6.55. The molecule has 14 heavy (non-hydrogen) atoms. The predicted octanol–water partition coefficient (Wildman–Crippen LogP) is 0.965. The molecule has 1 aromatic rings. The van der Waals surface area contributed by atoms with Gasteiger partial charge in [0.15, 0.2) is 15.9 Å². The lowest BCUT2D eigenvalue weighted by molar-refractivity contribution is 0.601. The molecule has 0 radical (unpaired) electrons. The highest BCUT2D eigenvalue weighted by Gasteiger charge is 2.10. The molecule has 0 amide bonds. The minimum atomic E-state index is -3.28. The summed E-state index contributed by atoms with van der Waals surface area (Å²) >= 11 is 0. The van der Waals surface area contributed by atoms with Gasteiger partial charge in [0.25, 0.3) is 0 Å². The van der Waals surface area contributed by atoms with Gasteiger partial charge in [-0.1, -0.05) is 12.1 Å². The van der Waals surface area contributed by atoms with Crippen molar-refractivity contribution >= 4 is 9.84 Å². The van der Waals surface area contributed by atoms with Gasteiger partial charge in [0.2, 0.25) is 0 Å². The van der Waals surface area contributed by atoms with Crippen LogP contribution in [0.25, 0.3) is 0 Å². The molecule has 70 valence electrons. The fourth-order valence-corrected chi connectivity index (χ4v) is 1.83. The Kier molecular flexibility index (Phi) is 2.91. The maximum atomic E-state index is 11.3. The van der Waals surface area contributed by atoms with Crippen molar-refractivity contribution in [2.24, 2.45) is 0 Å². The van der Waals surface area contributed by atoms with E-state index in [0.29, 0.717) is 5.56 Å². The molecule has 0 aliphatic heterocycles. The third-order valence-electron chi connectivity index (χ3n) is 1.54. The zero-order valence-corrected chi connectivity index (χ0v) is 8.30. The van der Waals surface area contributed by atoms with Crippen molar-refractivity contribution in [3.05, 3.63) is 29.8 Å². The molecule has 1 rings (SSSR count). The van der Waals surface area contributed by atoms with Gasteiger partial charge >= 0.3 is 0 Å². The number of hydrogen-bond acceptors (Lipinski definition) is 3. The summed E-state index contributed by atoms with van der Waals surface area (Å²) in [6, 6.07) is 7.97. The van der Waals surface area contributed by atoms with Crippen molar-refractivity contribution < 1.29 is 8.42 Å². The van der Waals surface area contributed by atoms with Crippen LogP contribution in [0.3, 0.4) is 0 Å². The molecular formula is C10H7NO2S. The maximum absolute atomic E-state index is 11.3. The number of rotatable bonds is 1. The first kappa shape index (κ1) is 10.3. The molecule has 3 nitrogen and oxygen atoms in total. The van der Waals surface area contributed by atoms with E-state index in [2.05, 4.69) is 11.8 Å². The third-order valence-corrected chi connectivity index (χ3v) is 2.69. The summed E-state index contributed by atoms with van der Waals surface area (Å²) < 4.78 is 22.5. The third kappa shape index (κ3) is 2.35. The quantitative estimate of drug-likeness (QED) is 0.642. The lowest BCUT2D eigenvalue weighted by Crippen LogP contribution is -1.99. The molecule has 0 aromatic heterocycles. The standard InChI is InChI=1S/C10H7NO2S/c1-14(12,13)10-7-3-2-5-9(10)6-4-8-11/h2-3,5,7H,1H3. The molecule has 0 aliphatic carbocycles. The van der Waals surface area contributed by atoms with Gasteiger partial charge in [0.1, 0.15) is 0 Å². The zero-order valence-electron chi connectivity index (χ0n) is 7.48. The monoisotopic (exact) mass is 205 g/mol. The Balaban J connectivity index is 3.40. The molecule has 0 spiro atoms. The van der Waals surface area contributed by atoms with Crippen LogP contribution < -0.4 is 0 Å². The Morgan fingerprint density at radius 1 is 1.29 bits per heavy atom. The van der Waals surface area contributed by atoms with E-state index >= 15 is 0 Å². The summed E-state index contributed by atoms with van der Waals surface area (Å²) in [5.74, 6) is 4.65.